The van der Waals surface area contributed by atoms with Crippen molar-refractivity contribution in [2.45, 2.75) is 0 Å². The summed E-state index contributed by atoms with van der Waals surface area (Å²) in [4.78, 5) is 24.8. The maximum Gasteiger partial charge on any atom is 0.299 e. The third-order valence-corrected chi connectivity index (χ3v) is 3.14. The highest BCUT2D eigenvalue weighted by atomic mass is 79.9. The van der Waals surface area contributed by atoms with Crippen LogP contribution in [-0.4, -0.2) is 18.2 Å². The van der Waals surface area contributed by atoms with E-state index >= 15 is 0 Å². The zero-order valence-corrected chi connectivity index (χ0v) is 10.5. The summed E-state index contributed by atoms with van der Waals surface area (Å²) >= 11 is 8.75. The lowest BCUT2D eigenvalue weighted by molar-refractivity contribution is -0.114. The number of para-hydroxylation sites is 1. The summed E-state index contributed by atoms with van der Waals surface area (Å²) in [7, 11) is 0. The van der Waals surface area contributed by atoms with Gasteiger partial charge in [-0.25, -0.2) is 0 Å². The molecule has 2 rings (SSSR count). The summed E-state index contributed by atoms with van der Waals surface area (Å²) in [6, 6.07) is 5.17. The van der Waals surface area contributed by atoms with Gasteiger partial charge in [0.1, 0.15) is 0 Å². The number of amides is 1. The maximum atomic E-state index is 11.7. The third-order valence-electron chi connectivity index (χ3n) is 2.32. The van der Waals surface area contributed by atoms with Crippen molar-refractivity contribution in [3.63, 3.8) is 0 Å². The Morgan fingerprint density at radius 2 is 2.12 bits per heavy atom. The van der Waals surface area contributed by atoms with Crippen molar-refractivity contribution in [1.29, 1.82) is 0 Å². The second-order valence-electron chi connectivity index (χ2n) is 3.24. The van der Waals surface area contributed by atoms with Gasteiger partial charge in [-0.2, -0.15) is 0 Å². The van der Waals surface area contributed by atoms with Crippen molar-refractivity contribution in [3.8, 4) is 0 Å². The van der Waals surface area contributed by atoms with Crippen molar-refractivity contribution >= 4 is 44.9 Å². The van der Waals surface area contributed by atoms with Gasteiger partial charge in [-0.05, 0) is 28.1 Å². The number of hydrogen-bond acceptors (Lipinski definition) is 2. The largest absolute Gasteiger partial charge is 0.300 e. The number of nitrogens with zero attached hydrogens (tertiary/aromatic N) is 1. The van der Waals surface area contributed by atoms with E-state index in [1.54, 1.807) is 24.3 Å². The molecule has 0 saturated heterocycles. The van der Waals surface area contributed by atoms with Crippen molar-refractivity contribution in [3.05, 3.63) is 39.8 Å². The number of hydrogen-bond donors (Lipinski definition) is 0. The predicted octanol–water partition coefficient (Wildman–Crippen LogP) is 2.73. The van der Waals surface area contributed by atoms with Crippen LogP contribution < -0.4 is 4.90 Å². The summed E-state index contributed by atoms with van der Waals surface area (Å²) in [5, 5.41) is 0. The van der Waals surface area contributed by atoms with Crippen LogP contribution in [0.2, 0.25) is 0 Å². The van der Waals surface area contributed by atoms with E-state index in [0.717, 1.165) is 4.47 Å². The molecule has 0 aliphatic carbocycles. The number of benzene rings is 1. The van der Waals surface area contributed by atoms with Crippen molar-refractivity contribution in [2.75, 3.05) is 11.4 Å². The Balaban J connectivity index is 2.51. The van der Waals surface area contributed by atoms with Gasteiger partial charge in [0.05, 0.1) is 11.3 Å². The highest BCUT2D eigenvalue weighted by Crippen LogP contribution is 2.35. The minimum absolute atomic E-state index is 0.295. The highest BCUT2D eigenvalue weighted by Gasteiger charge is 2.36. The van der Waals surface area contributed by atoms with Crippen LogP contribution in [-0.2, 0) is 4.79 Å². The van der Waals surface area contributed by atoms with E-state index in [1.165, 1.54) is 10.4 Å². The number of halogens is 2. The average molecular weight is 301 g/mol. The van der Waals surface area contributed by atoms with Crippen LogP contribution in [0.25, 0.3) is 0 Å². The summed E-state index contributed by atoms with van der Waals surface area (Å²) in [5.74, 6) is -0.990. The molecular weight excluding hydrogens is 293 g/mol. The minimum Gasteiger partial charge on any atom is -0.300 e. The van der Waals surface area contributed by atoms with Gasteiger partial charge < -0.3 is 0 Å². The van der Waals surface area contributed by atoms with E-state index < -0.39 is 11.7 Å². The Labute approximate surface area is 106 Å². The quantitative estimate of drug-likeness (QED) is 0.788. The smallest absolute Gasteiger partial charge is 0.299 e. The second kappa shape index (κ2) is 4.39. The fourth-order valence-electron chi connectivity index (χ4n) is 1.63. The monoisotopic (exact) mass is 299 g/mol. The Kier molecular flexibility index (Phi) is 3.12. The number of rotatable bonds is 2. The Hall–Kier alpha value is -1.13. The van der Waals surface area contributed by atoms with E-state index in [2.05, 4.69) is 15.9 Å². The fourth-order valence-corrected chi connectivity index (χ4v) is 2.29. The van der Waals surface area contributed by atoms with Crippen LogP contribution in [0.15, 0.2) is 34.3 Å². The molecule has 0 spiro atoms. The van der Waals surface area contributed by atoms with Crippen LogP contribution >= 0.6 is 27.5 Å². The van der Waals surface area contributed by atoms with Gasteiger partial charge in [0.15, 0.2) is 0 Å². The van der Waals surface area contributed by atoms with Crippen LogP contribution in [0.3, 0.4) is 0 Å². The van der Waals surface area contributed by atoms with Gasteiger partial charge >= 0.3 is 0 Å². The molecule has 0 bridgehead atoms. The lowest BCUT2D eigenvalue weighted by atomic mass is 10.1. The molecule has 5 heteroatoms. The number of Topliss-reactive ketones (excluding diaryl/α,β-unsaturated/α-hetero) is 1. The number of ketones is 1. The highest BCUT2D eigenvalue weighted by molar-refractivity contribution is 9.10. The molecule has 3 nitrogen and oxygen atoms in total. The first-order valence-corrected chi connectivity index (χ1v) is 5.79. The summed E-state index contributed by atoms with van der Waals surface area (Å²) < 4.78 is 0.729. The first-order chi connectivity index (χ1) is 7.66. The zero-order valence-electron chi connectivity index (χ0n) is 8.11. The molecule has 1 aromatic carbocycles. The van der Waals surface area contributed by atoms with Crippen LogP contribution in [0, 0.1) is 0 Å². The molecule has 0 aromatic heterocycles. The molecule has 1 aliphatic heterocycles. The minimum atomic E-state index is -0.517. The zero-order chi connectivity index (χ0) is 11.7. The first-order valence-electron chi connectivity index (χ1n) is 4.56. The Morgan fingerprint density at radius 1 is 1.38 bits per heavy atom. The van der Waals surface area contributed by atoms with Crippen LogP contribution in [0.1, 0.15) is 10.4 Å². The van der Waals surface area contributed by atoms with Gasteiger partial charge in [-0.3, -0.25) is 14.5 Å². The molecule has 0 N–H and O–H groups in total. The molecule has 1 aromatic rings. The molecule has 1 heterocycles. The Bertz CT molecular complexity index is 499. The SMILES string of the molecule is O=C1C(=O)N(C/C=C/Cl)c2c(Br)cccc21. The van der Waals surface area contributed by atoms with E-state index in [-0.39, 0.29) is 0 Å². The van der Waals surface area contributed by atoms with Crippen molar-refractivity contribution in [1.82, 2.24) is 0 Å². The van der Waals surface area contributed by atoms with Crippen LogP contribution in [0.4, 0.5) is 5.69 Å². The van der Waals surface area contributed by atoms with Gasteiger partial charge in [0.2, 0.25) is 0 Å². The number of carbonyl (C=O) groups is 2. The molecule has 0 saturated carbocycles. The maximum absolute atomic E-state index is 11.7. The van der Waals surface area contributed by atoms with Crippen LogP contribution in [0.5, 0.6) is 0 Å². The molecule has 1 amide bonds. The van der Waals surface area contributed by atoms with Gasteiger partial charge in [0, 0.05) is 16.6 Å². The lowest BCUT2D eigenvalue weighted by Crippen LogP contribution is -2.29. The number of carbonyl (C=O) groups excluding carboxylic acids is 2. The third kappa shape index (κ3) is 1.68. The number of fused-ring (bicyclic) bond motifs is 1. The first kappa shape index (κ1) is 11.4. The molecular formula is C11H7BrClNO2. The molecule has 0 radical (unpaired) electrons. The summed E-state index contributed by atoms with van der Waals surface area (Å²) in [6.45, 7) is 0.295. The molecule has 16 heavy (non-hydrogen) atoms. The molecule has 1 aliphatic rings. The van der Waals surface area contributed by atoms with E-state index in [1.807, 2.05) is 0 Å². The van der Waals surface area contributed by atoms with Gasteiger partial charge in [-0.1, -0.05) is 23.7 Å². The van der Waals surface area contributed by atoms with Crippen molar-refractivity contribution < 1.29 is 9.59 Å². The van der Waals surface area contributed by atoms with Crippen molar-refractivity contribution in [2.24, 2.45) is 0 Å². The second-order valence-corrected chi connectivity index (χ2v) is 4.35. The molecule has 0 unspecified atom stereocenters. The van der Waals surface area contributed by atoms with Gasteiger partial charge in [-0.15, -0.1) is 0 Å². The molecule has 82 valence electrons. The lowest BCUT2D eigenvalue weighted by Gasteiger charge is -2.15. The van der Waals surface area contributed by atoms with Gasteiger partial charge in [0.25, 0.3) is 11.7 Å². The number of anilines is 1. The summed E-state index contributed by atoms with van der Waals surface area (Å²) in [5.41, 5.74) is 2.38. The average Bonchev–Trinajstić information content (AvgIpc) is 2.52. The fraction of sp³-hybridized carbons (Fsp3) is 0.0909. The Morgan fingerprint density at radius 3 is 2.81 bits per heavy atom. The topological polar surface area (TPSA) is 37.4 Å². The predicted molar refractivity (Wildman–Crippen MR) is 65.8 cm³/mol. The molecule has 0 fully saturated rings. The normalized spacial score (nSPS) is 15.0. The molecule has 0 atom stereocenters. The van der Waals surface area contributed by atoms with E-state index in [4.69, 9.17) is 11.6 Å². The summed E-state index contributed by atoms with van der Waals surface area (Å²) in [6.07, 6.45) is 1.61. The standard InChI is InChI=1S/C11H7BrClNO2/c12-8-4-1-3-7-9(8)14(6-2-5-13)11(16)10(7)15/h1-5H,6H2/b5-2+. The van der Waals surface area contributed by atoms with E-state index in [9.17, 15) is 9.59 Å². The van der Waals surface area contributed by atoms with E-state index in [0.29, 0.717) is 17.8 Å².